The van der Waals surface area contributed by atoms with E-state index in [0.717, 1.165) is 33.9 Å². The number of amides is 1. The molecule has 0 atom stereocenters. The molecular weight excluding hydrogens is 348 g/mol. The highest BCUT2D eigenvalue weighted by Crippen LogP contribution is 2.27. The van der Waals surface area contributed by atoms with Gasteiger partial charge in [0.15, 0.2) is 11.7 Å². The van der Waals surface area contributed by atoms with Gasteiger partial charge in [-0.15, -0.1) is 11.3 Å². The lowest BCUT2D eigenvalue weighted by atomic mass is 10.1. The van der Waals surface area contributed by atoms with Crippen LogP contribution in [0.5, 0.6) is 11.5 Å². The van der Waals surface area contributed by atoms with Gasteiger partial charge in [0, 0.05) is 10.9 Å². The van der Waals surface area contributed by atoms with Gasteiger partial charge in [0.25, 0.3) is 5.91 Å². The fourth-order valence-corrected chi connectivity index (χ4v) is 3.30. The van der Waals surface area contributed by atoms with Crippen LogP contribution in [0.4, 0.5) is 5.13 Å². The van der Waals surface area contributed by atoms with E-state index in [1.807, 2.05) is 61.7 Å². The highest BCUT2D eigenvalue weighted by molar-refractivity contribution is 7.14. The number of aromatic nitrogens is 1. The van der Waals surface area contributed by atoms with Crippen LogP contribution < -0.4 is 14.8 Å². The van der Waals surface area contributed by atoms with Gasteiger partial charge in [0.2, 0.25) is 0 Å². The monoisotopic (exact) mass is 368 g/mol. The number of methoxy groups -OCH3 is 1. The maximum atomic E-state index is 12.2. The Labute approximate surface area is 156 Å². The number of hydrogen-bond donors (Lipinski definition) is 1. The summed E-state index contributed by atoms with van der Waals surface area (Å²) in [6.07, 6.45) is 0. The smallest absolute Gasteiger partial charge is 0.264 e. The number of carbonyl (C=O) groups is 1. The van der Waals surface area contributed by atoms with E-state index in [4.69, 9.17) is 9.47 Å². The molecule has 6 heteroatoms. The lowest BCUT2D eigenvalue weighted by molar-refractivity contribution is -0.118. The summed E-state index contributed by atoms with van der Waals surface area (Å²) in [6, 6.07) is 13.5. The molecular formula is C20H20N2O3S. The molecule has 0 aliphatic carbocycles. The van der Waals surface area contributed by atoms with E-state index >= 15 is 0 Å². The first-order valence-electron chi connectivity index (χ1n) is 8.15. The van der Waals surface area contributed by atoms with E-state index in [-0.39, 0.29) is 12.5 Å². The number of carbonyl (C=O) groups excluding carboxylic acids is 1. The molecule has 2 aromatic carbocycles. The number of para-hydroxylation sites is 1. The average Bonchev–Trinajstić information content (AvgIpc) is 3.10. The molecule has 1 amide bonds. The molecule has 1 aromatic heterocycles. The summed E-state index contributed by atoms with van der Waals surface area (Å²) in [5, 5.41) is 5.22. The third-order valence-electron chi connectivity index (χ3n) is 3.87. The molecule has 0 aliphatic heterocycles. The van der Waals surface area contributed by atoms with Gasteiger partial charge in [-0.2, -0.15) is 0 Å². The van der Waals surface area contributed by atoms with Crippen LogP contribution in [0.1, 0.15) is 11.1 Å². The normalized spacial score (nSPS) is 10.4. The number of benzene rings is 2. The number of nitrogens with one attached hydrogen (secondary N) is 1. The van der Waals surface area contributed by atoms with Crippen molar-refractivity contribution in [1.29, 1.82) is 0 Å². The molecule has 0 spiro atoms. The van der Waals surface area contributed by atoms with Crippen molar-refractivity contribution in [2.75, 3.05) is 19.0 Å². The number of nitrogens with zero attached hydrogens (tertiary/aromatic N) is 1. The van der Waals surface area contributed by atoms with Crippen LogP contribution in [0.15, 0.2) is 47.8 Å². The number of rotatable bonds is 6. The largest absolute Gasteiger partial charge is 0.497 e. The Hall–Kier alpha value is -2.86. The Bertz CT molecular complexity index is 901. The van der Waals surface area contributed by atoms with Gasteiger partial charge in [-0.05, 0) is 37.1 Å². The van der Waals surface area contributed by atoms with Crippen molar-refractivity contribution < 1.29 is 14.3 Å². The van der Waals surface area contributed by atoms with Crippen LogP contribution in [0.2, 0.25) is 0 Å². The lowest BCUT2D eigenvalue weighted by Gasteiger charge is -2.11. The minimum Gasteiger partial charge on any atom is -0.497 e. The first-order chi connectivity index (χ1) is 12.6. The third-order valence-corrected chi connectivity index (χ3v) is 4.63. The van der Waals surface area contributed by atoms with Crippen molar-refractivity contribution in [3.05, 3.63) is 59.0 Å². The van der Waals surface area contributed by atoms with Crippen LogP contribution in [0.3, 0.4) is 0 Å². The molecule has 0 bridgehead atoms. The second-order valence-corrected chi connectivity index (χ2v) is 6.69. The summed E-state index contributed by atoms with van der Waals surface area (Å²) in [4.78, 5) is 16.6. The number of hydrogen-bond acceptors (Lipinski definition) is 5. The van der Waals surface area contributed by atoms with Gasteiger partial charge in [0.05, 0.1) is 12.8 Å². The van der Waals surface area contributed by atoms with Crippen molar-refractivity contribution in [3.63, 3.8) is 0 Å². The van der Waals surface area contributed by atoms with E-state index in [9.17, 15) is 4.79 Å². The number of aryl methyl sites for hydroxylation is 2. The highest BCUT2D eigenvalue weighted by atomic mass is 32.1. The highest BCUT2D eigenvalue weighted by Gasteiger charge is 2.11. The van der Waals surface area contributed by atoms with E-state index in [1.165, 1.54) is 11.3 Å². The molecule has 26 heavy (non-hydrogen) atoms. The summed E-state index contributed by atoms with van der Waals surface area (Å²) < 4.78 is 10.9. The van der Waals surface area contributed by atoms with Crippen LogP contribution in [-0.2, 0) is 4.79 Å². The fraction of sp³-hybridized carbons (Fsp3) is 0.200. The molecule has 3 aromatic rings. The van der Waals surface area contributed by atoms with Crippen molar-refractivity contribution in [1.82, 2.24) is 4.98 Å². The first-order valence-corrected chi connectivity index (χ1v) is 9.03. The molecule has 1 N–H and O–H groups in total. The maximum absolute atomic E-state index is 12.2. The quantitative estimate of drug-likeness (QED) is 0.698. The lowest BCUT2D eigenvalue weighted by Crippen LogP contribution is -2.20. The number of anilines is 1. The molecule has 0 saturated carbocycles. The predicted octanol–water partition coefficient (Wildman–Crippen LogP) is 4.45. The zero-order valence-electron chi connectivity index (χ0n) is 14.9. The molecule has 0 radical (unpaired) electrons. The molecule has 134 valence electrons. The maximum Gasteiger partial charge on any atom is 0.264 e. The molecule has 0 saturated heterocycles. The van der Waals surface area contributed by atoms with Crippen LogP contribution in [0, 0.1) is 13.8 Å². The van der Waals surface area contributed by atoms with Gasteiger partial charge in [-0.1, -0.05) is 30.3 Å². The standard InChI is InChI=1S/C20H20N2O3S/c1-13-6-4-7-14(2)19(13)25-11-18(23)22-20-21-17(12-26-20)15-8-5-9-16(10-15)24-3/h4-10,12H,11H2,1-3H3,(H,21,22,23). The van der Waals surface area contributed by atoms with Gasteiger partial charge in [0.1, 0.15) is 11.5 Å². The van der Waals surface area contributed by atoms with E-state index in [1.54, 1.807) is 7.11 Å². The SMILES string of the molecule is COc1cccc(-c2csc(NC(=O)COc3c(C)cccc3C)n2)c1. The Morgan fingerprint density at radius 2 is 1.88 bits per heavy atom. The van der Waals surface area contributed by atoms with Crippen LogP contribution in [0.25, 0.3) is 11.3 Å². The zero-order valence-corrected chi connectivity index (χ0v) is 15.7. The van der Waals surface area contributed by atoms with E-state index in [2.05, 4.69) is 10.3 Å². The summed E-state index contributed by atoms with van der Waals surface area (Å²) in [7, 11) is 1.63. The van der Waals surface area contributed by atoms with Gasteiger partial charge in [-0.25, -0.2) is 4.98 Å². The molecule has 0 unspecified atom stereocenters. The van der Waals surface area contributed by atoms with Crippen LogP contribution in [-0.4, -0.2) is 24.6 Å². The van der Waals surface area contributed by atoms with Crippen molar-refractivity contribution >= 4 is 22.4 Å². The second kappa shape index (κ2) is 8.01. The summed E-state index contributed by atoms with van der Waals surface area (Å²) in [6.45, 7) is 3.86. The molecule has 0 aliphatic rings. The van der Waals surface area contributed by atoms with Gasteiger partial charge < -0.3 is 9.47 Å². The predicted molar refractivity (Wildman–Crippen MR) is 104 cm³/mol. The average molecular weight is 368 g/mol. The summed E-state index contributed by atoms with van der Waals surface area (Å²) in [5.41, 5.74) is 3.74. The zero-order chi connectivity index (χ0) is 18.5. The molecule has 5 nitrogen and oxygen atoms in total. The Balaban J connectivity index is 1.62. The Morgan fingerprint density at radius 3 is 2.62 bits per heavy atom. The Morgan fingerprint density at radius 1 is 1.15 bits per heavy atom. The topological polar surface area (TPSA) is 60.5 Å². The molecule has 3 rings (SSSR count). The number of thiazole rings is 1. The van der Waals surface area contributed by atoms with Gasteiger partial charge in [-0.3, -0.25) is 10.1 Å². The van der Waals surface area contributed by atoms with Crippen molar-refractivity contribution in [3.8, 4) is 22.8 Å². The second-order valence-electron chi connectivity index (χ2n) is 5.83. The Kier molecular flexibility index (Phi) is 5.53. The summed E-state index contributed by atoms with van der Waals surface area (Å²) in [5.74, 6) is 1.28. The molecule has 1 heterocycles. The van der Waals surface area contributed by atoms with E-state index in [0.29, 0.717) is 5.13 Å². The first kappa shape index (κ1) is 17.9. The minimum atomic E-state index is -0.237. The minimum absolute atomic E-state index is 0.0558. The van der Waals surface area contributed by atoms with Gasteiger partial charge >= 0.3 is 0 Å². The fourth-order valence-electron chi connectivity index (χ4n) is 2.57. The van der Waals surface area contributed by atoms with Crippen LogP contribution >= 0.6 is 11.3 Å². The third kappa shape index (κ3) is 4.21. The van der Waals surface area contributed by atoms with E-state index < -0.39 is 0 Å². The molecule has 0 fully saturated rings. The number of ether oxygens (including phenoxy) is 2. The van der Waals surface area contributed by atoms with Crippen molar-refractivity contribution in [2.24, 2.45) is 0 Å². The van der Waals surface area contributed by atoms with Crippen molar-refractivity contribution in [2.45, 2.75) is 13.8 Å². The summed E-state index contributed by atoms with van der Waals surface area (Å²) >= 11 is 1.37.